The first-order valence-corrected chi connectivity index (χ1v) is 18.0. The normalized spacial score (nSPS) is 12.8. The van der Waals surface area contributed by atoms with E-state index in [1.807, 2.05) is 54.5 Å². The van der Waals surface area contributed by atoms with Gasteiger partial charge in [-0.05, 0) is 89.1 Å². The van der Waals surface area contributed by atoms with Crippen molar-refractivity contribution in [2.75, 3.05) is 0 Å². The number of nitrogens with zero attached hydrogens (tertiary/aromatic N) is 1. The summed E-state index contributed by atoms with van der Waals surface area (Å²) in [5, 5.41) is 1.25. The number of halogens is 5. The van der Waals surface area contributed by atoms with Crippen molar-refractivity contribution in [1.82, 2.24) is 4.98 Å². The molecular weight excluding hydrogens is 632 g/mol. The lowest BCUT2D eigenvalue weighted by atomic mass is 9.91. The molecule has 48 heavy (non-hydrogen) atoms. The molecule has 0 spiro atoms. The van der Waals surface area contributed by atoms with Crippen molar-refractivity contribution < 1.29 is 17.6 Å². The van der Waals surface area contributed by atoms with E-state index in [4.69, 9.17) is 11.6 Å². The predicted octanol–water partition coefficient (Wildman–Crippen LogP) is 15.6. The van der Waals surface area contributed by atoms with Crippen LogP contribution in [0.3, 0.4) is 0 Å². The number of unbranched alkanes of at least 4 members (excludes halogenated alkanes) is 2. The third-order valence-corrected chi connectivity index (χ3v) is 7.16. The van der Waals surface area contributed by atoms with Crippen molar-refractivity contribution in [3.63, 3.8) is 0 Å². The number of rotatable bonds is 12. The Balaban J connectivity index is -0.000000742. The van der Waals surface area contributed by atoms with Gasteiger partial charge in [0, 0.05) is 40.0 Å². The van der Waals surface area contributed by atoms with Gasteiger partial charge in [-0.3, -0.25) is 4.99 Å². The molecule has 0 aliphatic carbocycles. The quantitative estimate of drug-likeness (QED) is 0.0990. The summed E-state index contributed by atoms with van der Waals surface area (Å²) in [4.78, 5) is 7.31. The van der Waals surface area contributed by atoms with Crippen molar-refractivity contribution in [2.45, 2.75) is 147 Å². The van der Waals surface area contributed by atoms with Crippen LogP contribution in [0.25, 0.3) is 10.9 Å². The third-order valence-electron chi connectivity index (χ3n) is 6.87. The molecule has 1 heterocycles. The maximum atomic E-state index is 13.9. The molecule has 0 amide bonds. The fraction of sp³-hybridized carbons (Fsp3) is 0.537. The summed E-state index contributed by atoms with van der Waals surface area (Å²) in [7, 11) is 0. The highest BCUT2D eigenvalue weighted by atomic mass is 35.5. The molecule has 2 aromatic rings. The molecule has 0 aliphatic rings. The third kappa shape index (κ3) is 20.5. The Morgan fingerprint density at radius 3 is 2.04 bits per heavy atom. The summed E-state index contributed by atoms with van der Waals surface area (Å²) in [5.41, 5.74) is 5.93. The van der Waals surface area contributed by atoms with E-state index in [2.05, 4.69) is 62.5 Å². The molecule has 7 heteroatoms. The Bertz CT molecular complexity index is 1310. The second kappa shape index (κ2) is 29.1. The highest BCUT2D eigenvalue weighted by Gasteiger charge is 2.29. The molecule has 0 saturated carbocycles. The van der Waals surface area contributed by atoms with Gasteiger partial charge in [-0.2, -0.15) is 13.2 Å². The number of hydrogen-bond acceptors (Lipinski definition) is 1. The average molecular weight is 697 g/mol. The molecule has 1 aromatic heterocycles. The molecule has 2 rings (SSSR count). The minimum atomic E-state index is -4.26. The number of aliphatic imine (C=N–C) groups is 1. The van der Waals surface area contributed by atoms with E-state index < -0.39 is 11.7 Å². The number of aryl methyl sites for hydroxylation is 1. The lowest BCUT2D eigenvalue weighted by Crippen LogP contribution is -2.08. The molecule has 1 unspecified atom stereocenters. The first-order chi connectivity index (χ1) is 22.7. The van der Waals surface area contributed by atoms with Crippen molar-refractivity contribution in [3.05, 3.63) is 93.6 Å². The van der Waals surface area contributed by atoms with Crippen molar-refractivity contribution in [2.24, 2.45) is 4.99 Å². The summed E-state index contributed by atoms with van der Waals surface area (Å²) in [6, 6.07) is 3.30. The van der Waals surface area contributed by atoms with Crippen LogP contribution in [0.1, 0.15) is 146 Å². The summed E-state index contributed by atoms with van der Waals surface area (Å²) in [5.74, 6) is -0.129. The van der Waals surface area contributed by atoms with E-state index in [1.165, 1.54) is 34.7 Å². The molecule has 1 N–H and O–H groups in total. The Morgan fingerprint density at radius 2 is 1.58 bits per heavy atom. The molecule has 2 nitrogen and oxygen atoms in total. The number of benzene rings is 1. The van der Waals surface area contributed by atoms with E-state index in [9.17, 15) is 17.6 Å². The van der Waals surface area contributed by atoms with Gasteiger partial charge in [0.1, 0.15) is 5.82 Å². The molecule has 0 aliphatic heterocycles. The fourth-order valence-corrected chi connectivity index (χ4v) is 4.19. The summed E-state index contributed by atoms with van der Waals surface area (Å²) < 4.78 is 49.8. The van der Waals surface area contributed by atoms with Crippen molar-refractivity contribution >= 4 is 28.7 Å². The number of alkyl halides is 3. The number of nitrogens with one attached hydrogen (secondary N) is 1. The van der Waals surface area contributed by atoms with Gasteiger partial charge in [-0.15, -0.1) is 6.58 Å². The summed E-state index contributed by atoms with van der Waals surface area (Å²) in [6.45, 7) is 29.2. The van der Waals surface area contributed by atoms with Gasteiger partial charge in [-0.1, -0.05) is 117 Å². The zero-order chi connectivity index (χ0) is 37.9. The van der Waals surface area contributed by atoms with Gasteiger partial charge in [0.05, 0.1) is 5.02 Å². The largest absolute Gasteiger partial charge is 0.412 e. The summed E-state index contributed by atoms with van der Waals surface area (Å²) >= 11 is 6.05. The molecule has 0 saturated heterocycles. The topological polar surface area (TPSA) is 28.1 Å². The van der Waals surface area contributed by atoms with Crippen molar-refractivity contribution in [1.29, 1.82) is 0 Å². The van der Waals surface area contributed by atoms with Gasteiger partial charge in [0.15, 0.2) is 0 Å². The molecule has 1 aromatic carbocycles. The molecular formula is C41H65ClF4N2. The number of H-pyrrole nitrogens is 1. The van der Waals surface area contributed by atoms with Crippen LogP contribution in [0.5, 0.6) is 0 Å². The van der Waals surface area contributed by atoms with Gasteiger partial charge >= 0.3 is 6.18 Å². The fourth-order valence-electron chi connectivity index (χ4n) is 4.03. The maximum Gasteiger partial charge on any atom is 0.412 e. The number of allylic oxidation sites excluding steroid dienone is 9. The lowest BCUT2D eigenvalue weighted by Gasteiger charge is -2.15. The molecule has 0 fully saturated rings. The van der Waals surface area contributed by atoms with Crippen LogP contribution in [0.4, 0.5) is 17.6 Å². The monoisotopic (exact) mass is 696 g/mol. The number of fused-ring (bicyclic) bond motifs is 1. The van der Waals surface area contributed by atoms with E-state index >= 15 is 0 Å². The van der Waals surface area contributed by atoms with E-state index in [1.54, 1.807) is 13.0 Å². The van der Waals surface area contributed by atoms with Crippen LogP contribution in [-0.4, -0.2) is 17.4 Å². The van der Waals surface area contributed by atoms with E-state index in [0.29, 0.717) is 0 Å². The van der Waals surface area contributed by atoms with Crippen LogP contribution in [0.2, 0.25) is 5.02 Å². The van der Waals surface area contributed by atoms with Gasteiger partial charge < -0.3 is 4.98 Å². The lowest BCUT2D eigenvalue weighted by molar-refractivity contribution is -0.0911. The smallest absolute Gasteiger partial charge is 0.358 e. The minimum absolute atomic E-state index is 0.193. The second-order valence-corrected chi connectivity index (χ2v) is 11.2. The highest BCUT2D eigenvalue weighted by molar-refractivity contribution is 6.31. The van der Waals surface area contributed by atoms with Crippen LogP contribution < -0.4 is 0 Å². The van der Waals surface area contributed by atoms with Gasteiger partial charge in [0.25, 0.3) is 0 Å². The van der Waals surface area contributed by atoms with E-state index in [0.717, 1.165) is 74.5 Å². The SMILES string of the molecule is C/C=C\C(=C/CCC)C(C)c1[nH]c2cc(F)c(Cl)cc2c1CCCC.C=C(C)CC.CC.CC.CC/C=C(C)/N=C/C=C(\C)C(F)(F)F. The Morgan fingerprint density at radius 1 is 1.00 bits per heavy atom. The molecule has 0 radical (unpaired) electrons. The maximum absolute atomic E-state index is 13.9. The summed E-state index contributed by atoms with van der Waals surface area (Å²) in [6.07, 6.45) is 13.7. The second-order valence-electron chi connectivity index (χ2n) is 10.8. The van der Waals surface area contributed by atoms with Crippen LogP contribution in [0.15, 0.2) is 76.5 Å². The van der Waals surface area contributed by atoms with Crippen molar-refractivity contribution in [3.8, 4) is 0 Å². The van der Waals surface area contributed by atoms with Gasteiger partial charge in [-0.25, -0.2) is 4.39 Å². The van der Waals surface area contributed by atoms with Gasteiger partial charge in [0.2, 0.25) is 0 Å². The number of aromatic nitrogens is 1. The number of hydrogen-bond donors (Lipinski definition) is 1. The Kier molecular flexibility index (Phi) is 30.0. The van der Waals surface area contributed by atoms with E-state index in [-0.39, 0.29) is 16.8 Å². The van der Waals surface area contributed by atoms with Crippen LogP contribution in [0, 0.1) is 5.82 Å². The van der Waals surface area contributed by atoms with Crippen LogP contribution >= 0.6 is 11.6 Å². The predicted molar refractivity (Wildman–Crippen MR) is 208 cm³/mol. The molecule has 274 valence electrons. The average Bonchev–Trinajstić information content (AvgIpc) is 3.40. The minimum Gasteiger partial charge on any atom is -0.358 e. The Hall–Kier alpha value is -2.86. The highest BCUT2D eigenvalue weighted by Crippen LogP contribution is 2.35. The Labute approximate surface area is 296 Å². The first-order valence-electron chi connectivity index (χ1n) is 17.6. The zero-order valence-electron chi connectivity index (χ0n) is 32.2. The molecule has 1 atom stereocenters. The first kappa shape index (κ1) is 49.5. The van der Waals surface area contributed by atoms with Crippen LogP contribution in [-0.2, 0) is 6.42 Å². The molecule has 0 bridgehead atoms. The zero-order valence-corrected chi connectivity index (χ0v) is 32.9. The standard InChI is InChI=1S/C22H29ClFN.C10H14F3N.C5H10.2C2H6/c1-5-8-11-16(10-7-3)15(4)22-17(12-9-6-2)18-13-19(23)20(24)14-21(18)25-22;1-4-5-9(3)14-7-6-8(2)10(11,12)13;1-4-5(2)3;2*1-2/h7,10-11,13-15,25H,5-6,8-9,12H2,1-4H3;5-7H,4H2,1-3H3;2,4H2,1,3H3;2*1-2H3/b10-7-,16-11+;8-6+,9-5+,14-7+;;;. The number of aromatic amines is 1.